The number of ether oxygens (including phenoxy) is 1. The predicted molar refractivity (Wildman–Crippen MR) is 124 cm³/mol. The number of hydrogen-bond acceptors (Lipinski definition) is 8. The number of thiocarbonyl (C=S) groups is 1. The number of nitriles is 1. The molecule has 1 unspecified atom stereocenters. The topological polar surface area (TPSA) is 95.6 Å². The van der Waals surface area contributed by atoms with Crippen LogP contribution in [0.4, 0.5) is 5.82 Å². The standard InChI is InChI=1S/C21H24N4O4S2/c1-5-29-20(28)13-7-6-8-25(11-13)17-14(9-16-19(27)24(4)21(30)31-16)12(2)15(10-22)18(26)23(17)3/h9,13H,5-8,11H2,1-4H3. The normalized spacial score (nSPS) is 20.4. The monoisotopic (exact) mass is 460 g/mol. The van der Waals surface area contributed by atoms with E-state index in [1.165, 1.54) is 21.2 Å². The molecule has 3 heterocycles. The largest absolute Gasteiger partial charge is 0.466 e. The number of carbonyl (C=O) groups excluding carboxylic acids is 2. The molecule has 1 aromatic heterocycles. The van der Waals surface area contributed by atoms with Crippen LogP contribution in [0.25, 0.3) is 6.08 Å². The van der Waals surface area contributed by atoms with Crippen molar-refractivity contribution < 1.29 is 14.3 Å². The Morgan fingerprint density at radius 2 is 2.10 bits per heavy atom. The van der Waals surface area contributed by atoms with Gasteiger partial charge in [-0.2, -0.15) is 5.26 Å². The Bertz CT molecular complexity index is 1090. The van der Waals surface area contributed by atoms with Crippen LogP contribution in [0.3, 0.4) is 0 Å². The molecule has 2 aliphatic rings. The SMILES string of the molecule is CCOC(=O)C1CCCN(c2c(C=C3SC(=S)N(C)C3=O)c(C)c(C#N)c(=O)n2C)C1. The molecule has 0 bridgehead atoms. The average molecular weight is 461 g/mol. The number of hydrogen-bond donors (Lipinski definition) is 0. The number of thioether (sulfide) groups is 1. The number of piperidine rings is 1. The number of aromatic nitrogens is 1. The first-order chi connectivity index (χ1) is 14.7. The smallest absolute Gasteiger partial charge is 0.310 e. The summed E-state index contributed by atoms with van der Waals surface area (Å²) in [5, 5.41) is 9.56. The minimum Gasteiger partial charge on any atom is -0.466 e. The number of amides is 1. The van der Waals surface area contributed by atoms with Gasteiger partial charge in [-0.25, -0.2) is 0 Å². The average Bonchev–Trinajstić information content (AvgIpc) is 2.99. The Morgan fingerprint density at radius 3 is 2.68 bits per heavy atom. The number of carbonyl (C=O) groups is 2. The summed E-state index contributed by atoms with van der Waals surface area (Å²) in [5.41, 5.74) is 0.731. The summed E-state index contributed by atoms with van der Waals surface area (Å²) in [4.78, 5) is 41.6. The highest BCUT2D eigenvalue weighted by Gasteiger charge is 2.33. The van der Waals surface area contributed by atoms with Crippen LogP contribution in [0.2, 0.25) is 0 Å². The number of pyridine rings is 1. The molecular weight excluding hydrogens is 436 g/mol. The molecule has 0 N–H and O–H groups in total. The molecule has 0 aromatic carbocycles. The van der Waals surface area contributed by atoms with Crippen molar-refractivity contribution in [3.63, 3.8) is 0 Å². The molecule has 1 amide bonds. The molecule has 0 aliphatic carbocycles. The van der Waals surface area contributed by atoms with Crippen molar-refractivity contribution >= 4 is 52.1 Å². The maximum Gasteiger partial charge on any atom is 0.310 e. The van der Waals surface area contributed by atoms with Gasteiger partial charge >= 0.3 is 5.97 Å². The van der Waals surface area contributed by atoms with Crippen molar-refractivity contribution in [1.82, 2.24) is 9.47 Å². The molecule has 2 fully saturated rings. The van der Waals surface area contributed by atoms with E-state index in [1.54, 1.807) is 34.0 Å². The predicted octanol–water partition coefficient (Wildman–Crippen LogP) is 2.18. The van der Waals surface area contributed by atoms with E-state index >= 15 is 0 Å². The fourth-order valence-corrected chi connectivity index (χ4v) is 5.05. The van der Waals surface area contributed by atoms with Gasteiger partial charge in [0.1, 0.15) is 21.8 Å². The summed E-state index contributed by atoms with van der Waals surface area (Å²) < 4.78 is 7.07. The first-order valence-corrected chi connectivity index (χ1v) is 11.2. The van der Waals surface area contributed by atoms with Crippen molar-refractivity contribution in [2.45, 2.75) is 26.7 Å². The van der Waals surface area contributed by atoms with Gasteiger partial charge in [0, 0.05) is 32.7 Å². The Labute approximate surface area is 190 Å². The second-order valence-corrected chi connectivity index (χ2v) is 9.17. The van der Waals surface area contributed by atoms with Crippen molar-refractivity contribution in [2.75, 3.05) is 31.6 Å². The Balaban J connectivity index is 2.15. The van der Waals surface area contributed by atoms with E-state index in [4.69, 9.17) is 17.0 Å². The summed E-state index contributed by atoms with van der Waals surface area (Å²) in [7, 11) is 3.22. The van der Waals surface area contributed by atoms with Crippen molar-refractivity contribution in [2.24, 2.45) is 13.0 Å². The Morgan fingerprint density at radius 1 is 1.39 bits per heavy atom. The van der Waals surface area contributed by atoms with Gasteiger partial charge in [0.05, 0.1) is 17.4 Å². The molecule has 31 heavy (non-hydrogen) atoms. The first kappa shape index (κ1) is 23.0. The van der Waals surface area contributed by atoms with E-state index in [2.05, 4.69) is 0 Å². The maximum absolute atomic E-state index is 12.9. The van der Waals surface area contributed by atoms with Crippen LogP contribution in [-0.2, 0) is 21.4 Å². The molecular formula is C21H24N4O4S2. The summed E-state index contributed by atoms with van der Waals surface area (Å²) in [6.45, 7) is 4.83. The van der Waals surface area contributed by atoms with Crippen LogP contribution >= 0.6 is 24.0 Å². The molecule has 0 saturated carbocycles. The Kier molecular flexibility index (Phi) is 6.86. The maximum atomic E-state index is 12.9. The van der Waals surface area contributed by atoms with Gasteiger partial charge in [0.25, 0.3) is 11.5 Å². The van der Waals surface area contributed by atoms with E-state index in [-0.39, 0.29) is 23.4 Å². The third-order valence-corrected chi connectivity index (χ3v) is 7.06. The van der Waals surface area contributed by atoms with Gasteiger partial charge in [0.15, 0.2) is 0 Å². The number of nitrogens with zero attached hydrogens (tertiary/aromatic N) is 4. The van der Waals surface area contributed by atoms with E-state index in [1.807, 2.05) is 11.0 Å². The highest BCUT2D eigenvalue weighted by atomic mass is 32.2. The van der Waals surface area contributed by atoms with Crippen LogP contribution in [-0.4, -0.2) is 52.4 Å². The molecule has 1 aromatic rings. The van der Waals surface area contributed by atoms with Crippen LogP contribution in [0.5, 0.6) is 0 Å². The molecule has 3 rings (SSSR count). The third-order valence-electron chi connectivity index (χ3n) is 5.57. The molecule has 2 saturated heterocycles. The van der Waals surface area contributed by atoms with Gasteiger partial charge in [-0.1, -0.05) is 24.0 Å². The highest BCUT2D eigenvalue weighted by Crippen LogP contribution is 2.36. The van der Waals surface area contributed by atoms with Crippen molar-refractivity contribution in [1.29, 1.82) is 5.26 Å². The van der Waals surface area contributed by atoms with Crippen molar-refractivity contribution in [3.05, 3.63) is 31.9 Å². The van der Waals surface area contributed by atoms with Gasteiger partial charge in [-0.05, 0) is 38.3 Å². The van der Waals surface area contributed by atoms with Crippen molar-refractivity contribution in [3.8, 4) is 6.07 Å². The van der Waals surface area contributed by atoms with Crippen LogP contribution in [0.1, 0.15) is 36.5 Å². The van der Waals surface area contributed by atoms with Crippen LogP contribution in [0, 0.1) is 24.2 Å². The number of esters is 1. The second kappa shape index (κ2) is 9.24. The molecule has 0 radical (unpaired) electrons. The van der Waals surface area contributed by atoms with Gasteiger partial charge < -0.3 is 9.64 Å². The molecule has 0 spiro atoms. The zero-order valence-electron chi connectivity index (χ0n) is 17.9. The fraction of sp³-hybridized carbons (Fsp3) is 0.476. The number of likely N-dealkylation sites (N-methyl/N-ethyl adjacent to an activating group) is 1. The summed E-state index contributed by atoms with van der Waals surface area (Å²) in [6.07, 6.45) is 3.16. The number of anilines is 1. The van der Waals surface area contributed by atoms with Crippen LogP contribution < -0.4 is 10.5 Å². The zero-order valence-corrected chi connectivity index (χ0v) is 19.6. The van der Waals surface area contributed by atoms with E-state index in [0.29, 0.717) is 52.3 Å². The summed E-state index contributed by atoms with van der Waals surface area (Å²) in [6, 6.07) is 1.99. The quantitative estimate of drug-likeness (QED) is 0.383. The highest BCUT2D eigenvalue weighted by molar-refractivity contribution is 8.26. The van der Waals surface area contributed by atoms with E-state index in [0.717, 1.165) is 6.42 Å². The van der Waals surface area contributed by atoms with E-state index < -0.39 is 5.56 Å². The number of rotatable bonds is 4. The second-order valence-electron chi connectivity index (χ2n) is 7.49. The molecule has 2 aliphatic heterocycles. The summed E-state index contributed by atoms with van der Waals surface area (Å²) >= 11 is 6.41. The van der Waals surface area contributed by atoms with Gasteiger partial charge in [0.2, 0.25) is 0 Å². The minimum absolute atomic E-state index is 0.0310. The van der Waals surface area contributed by atoms with Gasteiger partial charge in [-0.15, -0.1) is 0 Å². The molecule has 164 valence electrons. The summed E-state index contributed by atoms with van der Waals surface area (Å²) in [5.74, 6) is -0.204. The minimum atomic E-state index is -0.409. The fourth-order valence-electron chi connectivity index (χ4n) is 3.89. The van der Waals surface area contributed by atoms with E-state index in [9.17, 15) is 19.6 Å². The molecule has 8 nitrogen and oxygen atoms in total. The lowest BCUT2D eigenvalue weighted by Gasteiger charge is -2.35. The lowest BCUT2D eigenvalue weighted by Crippen LogP contribution is -2.42. The van der Waals surface area contributed by atoms with Gasteiger partial charge in [-0.3, -0.25) is 23.9 Å². The zero-order chi connectivity index (χ0) is 22.9. The molecule has 10 heteroatoms. The lowest BCUT2D eigenvalue weighted by molar-refractivity contribution is -0.148. The lowest BCUT2D eigenvalue weighted by atomic mass is 9.96. The van der Waals surface area contributed by atoms with Crippen LogP contribution in [0.15, 0.2) is 9.70 Å². The Hall–Kier alpha value is -2.64. The third kappa shape index (κ3) is 4.25. The molecule has 1 atom stereocenters. The first-order valence-electron chi connectivity index (χ1n) is 9.98.